The Morgan fingerprint density at radius 2 is 1.91 bits per heavy atom. The highest BCUT2D eigenvalue weighted by atomic mass is 19.1. The minimum absolute atomic E-state index is 0.323. The molecule has 3 aromatic heterocycles. The molecule has 0 amide bonds. The summed E-state index contributed by atoms with van der Waals surface area (Å²) in [7, 11) is 1.79. The van der Waals surface area contributed by atoms with Gasteiger partial charge in [0.05, 0.1) is 5.56 Å². The Morgan fingerprint density at radius 1 is 1.09 bits per heavy atom. The summed E-state index contributed by atoms with van der Waals surface area (Å²) in [6.45, 7) is 2.04. The minimum Gasteiger partial charge on any atom is -0.383 e. The van der Waals surface area contributed by atoms with Gasteiger partial charge in [-0.05, 0) is 47.7 Å². The molecule has 34 heavy (non-hydrogen) atoms. The topological polar surface area (TPSA) is 107 Å². The Bertz CT molecular complexity index is 1470. The van der Waals surface area contributed by atoms with E-state index in [-0.39, 0.29) is 5.82 Å². The van der Waals surface area contributed by atoms with E-state index < -0.39 is 6.04 Å². The number of nitrogens with two attached hydrogens (primary N) is 1. The Labute approximate surface area is 195 Å². The van der Waals surface area contributed by atoms with Gasteiger partial charge in [-0.3, -0.25) is 4.68 Å². The van der Waals surface area contributed by atoms with E-state index in [1.54, 1.807) is 36.4 Å². The second kappa shape index (κ2) is 8.86. The summed E-state index contributed by atoms with van der Waals surface area (Å²) >= 11 is 0. The molecular weight excluding hydrogens is 431 g/mol. The third-order valence-corrected chi connectivity index (χ3v) is 5.76. The third kappa shape index (κ3) is 4.03. The lowest BCUT2D eigenvalue weighted by Crippen LogP contribution is -2.19. The molecule has 0 saturated heterocycles. The van der Waals surface area contributed by atoms with E-state index >= 15 is 4.39 Å². The van der Waals surface area contributed by atoms with Crippen molar-refractivity contribution < 1.29 is 4.39 Å². The van der Waals surface area contributed by atoms with E-state index in [0.29, 0.717) is 28.6 Å². The fourth-order valence-electron chi connectivity index (χ4n) is 3.96. The third-order valence-electron chi connectivity index (χ3n) is 5.76. The molecule has 0 saturated carbocycles. The highest BCUT2D eigenvalue weighted by Crippen LogP contribution is 2.31. The van der Waals surface area contributed by atoms with Crippen molar-refractivity contribution >= 4 is 22.3 Å². The zero-order chi connectivity index (χ0) is 23.7. The van der Waals surface area contributed by atoms with Crippen LogP contribution in [0.25, 0.3) is 22.2 Å². The van der Waals surface area contributed by atoms with Gasteiger partial charge in [-0.1, -0.05) is 19.1 Å². The summed E-state index contributed by atoms with van der Waals surface area (Å²) < 4.78 is 16.8. The van der Waals surface area contributed by atoms with Gasteiger partial charge in [0.25, 0.3) is 0 Å². The number of aromatic nitrogens is 6. The zero-order valence-corrected chi connectivity index (χ0v) is 18.8. The van der Waals surface area contributed by atoms with Gasteiger partial charge in [0.15, 0.2) is 11.6 Å². The molecule has 0 aliphatic carbocycles. The van der Waals surface area contributed by atoms with Crippen molar-refractivity contribution in [2.24, 2.45) is 7.05 Å². The number of rotatable bonds is 6. The maximum atomic E-state index is 15.2. The van der Waals surface area contributed by atoms with E-state index in [4.69, 9.17) is 10.7 Å². The SMILES string of the molecule is CCc1ccc(F)c(C(Nc2ccc3c(N)nccc3c2)c2nc(-c3cncnc3)nn2C)c1. The number of hydrogen-bond acceptors (Lipinski definition) is 7. The summed E-state index contributed by atoms with van der Waals surface area (Å²) in [5, 5.41) is 9.79. The van der Waals surface area contributed by atoms with Crippen molar-refractivity contribution in [1.82, 2.24) is 29.7 Å². The van der Waals surface area contributed by atoms with Crippen molar-refractivity contribution in [1.29, 1.82) is 0 Å². The molecule has 170 valence electrons. The smallest absolute Gasteiger partial charge is 0.184 e. The summed E-state index contributed by atoms with van der Waals surface area (Å²) in [6.07, 6.45) is 7.20. The number of nitrogens with one attached hydrogen (secondary N) is 1. The van der Waals surface area contributed by atoms with Crippen LogP contribution in [-0.2, 0) is 13.5 Å². The second-order valence-electron chi connectivity index (χ2n) is 7.96. The highest BCUT2D eigenvalue weighted by Gasteiger charge is 2.25. The van der Waals surface area contributed by atoms with Crippen molar-refractivity contribution in [3.63, 3.8) is 0 Å². The molecule has 5 aromatic rings. The van der Waals surface area contributed by atoms with Crippen LogP contribution >= 0.6 is 0 Å². The average molecular weight is 455 g/mol. The van der Waals surface area contributed by atoms with Crippen LogP contribution in [0.1, 0.15) is 29.9 Å². The van der Waals surface area contributed by atoms with Gasteiger partial charge in [-0.25, -0.2) is 24.3 Å². The van der Waals surface area contributed by atoms with Gasteiger partial charge in [0, 0.05) is 42.3 Å². The van der Waals surface area contributed by atoms with Crippen LogP contribution < -0.4 is 11.1 Å². The monoisotopic (exact) mass is 454 g/mol. The number of nitrogens with zero attached hydrogens (tertiary/aromatic N) is 6. The van der Waals surface area contributed by atoms with E-state index in [1.165, 1.54) is 12.4 Å². The van der Waals surface area contributed by atoms with Crippen molar-refractivity contribution in [3.05, 3.63) is 90.2 Å². The molecule has 0 aliphatic heterocycles. The molecule has 9 heteroatoms. The van der Waals surface area contributed by atoms with Gasteiger partial charge in [0.2, 0.25) is 0 Å². The molecule has 0 aliphatic rings. The lowest BCUT2D eigenvalue weighted by atomic mass is 10.0. The van der Waals surface area contributed by atoms with Gasteiger partial charge in [0.1, 0.15) is 24.0 Å². The van der Waals surface area contributed by atoms with Crippen molar-refractivity contribution in [2.45, 2.75) is 19.4 Å². The Hall–Kier alpha value is -4.40. The predicted molar refractivity (Wildman–Crippen MR) is 129 cm³/mol. The lowest BCUT2D eigenvalue weighted by Gasteiger charge is -2.21. The predicted octanol–water partition coefficient (Wildman–Crippen LogP) is 4.31. The zero-order valence-electron chi connectivity index (χ0n) is 18.8. The summed E-state index contributed by atoms with van der Waals surface area (Å²) in [5.41, 5.74) is 8.99. The van der Waals surface area contributed by atoms with E-state index in [1.807, 2.05) is 37.3 Å². The van der Waals surface area contributed by atoms with Gasteiger partial charge < -0.3 is 11.1 Å². The van der Waals surface area contributed by atoms with E-state index in [0.717, 1.165) is 28.4 Å². The summed E-state index contributed by atoms with van der Waals surface area (Å²) in [4.78, 5) is 17.0. The first-order valence-electron chi connectivity index (χ1n) is 10.9. The van der Waals surface area contributed by atoms with Crippen LogP contribution in [0, 0.1) is 5.82 Å². The molecule has 2 aromatic carbocycles. The molecule has 3 N–H and O–H groups in total. The first-order valence-corrected chi connectivity index (χ1v) is 10.9. The molecule has 0 bridgehead atoms. The Morgan fingerprint density at radius 3 is 2.71 bits per heavy atom. The Kier molecular flexibility index (Phi) is 5.59. The minimum atomic E-state index is -0.598. The molecule has 0 radical (unpaired) electrons. The van der Waals surface area contributed by atoms with E-state index in [9.17, 15) is 0 Å². The first-order chi connectivity index (χ1) is 16.5. The maximum Gasteiger partial charge on any atom is 0.184 e. The van der Waals surface area contributed by atoms with Crippen LogP contribution in [0.2, 0.25) is 0 Å². The molecule has 1 atom stereocenters. The standard InChI is InChI=1S/C25H23FN8/c1-3-15-4-7-21(26)20(10-15)22(25-32-24(33-34(25)2)17-12-28-14-29-13-17)31-18-5-6-19-16(11-18)8-9-30-23(19)27/h4-14,22,31H,3H2,1-2H3,(H2,27,30). The van der Waals surface area contributed by atoms with Crippen LogP contribution in [-0.4, -0.2) is 29.7 Å². The van der Waals surface area contributed by atoms with Crippen LogP contribution in [0.15, 0.2) is 67.4 Å². The first kappa shape index (κ1) is 21.4. The van der Waals surface area contributed by atoms with E-state index in [2.05, 4.69) is 25.4 Å². The largest absolute Gasteiger partial charge is 0.383 e. The van der Waals surface area contributed by atoms with Crippen molar-refractivity contribution in [3.8, 4) is 11.4 Å². The van der Waals surface area contributed by atoms with Crippen LogP contribution in [0.5, 0.6) is 0 Å². The second-order valence-corrected chi connectivity index (χ2v) is 7.96. The average Bonchev–Trinajstić information content (AvgIpc) is 3.25. The Balaban J connectivity index is 1.62. The number of aryl methyl sites for hydroxylation is 2. The van der Waals surface area contributed by atoms with Gasteiger partial charge in [-0.15, -0.1) is 0 Å². The van der Waals surface area contributed by atoms with Crippen molar-refractivity contribution in [2.75, 3.05) is 11.1 Å². The molecule has 0 spiro atoms. The number of nitrogen functional groups attached to an aromatic ring is 1. The van der Waals surface area contributed by atoms with Gasteiger partial charge in [-0.2, -0.15) is 5.10 Å². The highest BCUT2D eigenvalue weighted by molar-refractivity contribution is 5.92. The number of halogens is 1. The maximum absolute atomic E-state index is 15.2. The summed E-state index contributed by atoms with van der Waals surface area (Å²) in [5.74, 6) is 1.16. The van der Waals surface area contributed by atoms with Crippen LogP contribution in [0.3, 0.4) is 0 Å². The normalized spacial score (nSPS) is 12.1. The number of hydrogen-bond donors (Lipinski definition) is 2. The molecule has 5 rings (SSSR count). The molecule has 8 nitrogen and oxygen atoms in total. The number of benzene rings is 2. The lowest BCUT2D eigenvalue weighted by molar-refractivity contribution is 0.590. The number of anilines is 2. The molecule has 3 heterocycles. The van der Waals surface area contributed by atoms with Gasteiger partial charge >= 0.3 is 0 Å². The quantitative estimate of drug-likeness (QED) is 0.394. The molecule has 0 fully saturated rings. The van der Waals surface area contributed by atoms with Crippen LogP contribution in [0.4, 0.5) is 15.9 Å². The number of fused-ring (bicyclic) bond motifs is 1. The molecular formula is C25H23FN8. The fraction of sp³-hybridized carbons (Fsp3) is 0.160. The fourth-order valence-corrected chi connectivity index (χ4v) is 3.96. The summed E-state index contributed by atoms with van der Waals surface area (Å²) in [6, 6.07) is 12.2. The molecule has 1 unspecified atom stereocenters. The number of pyridine rings is 1.